The van der Waals surface area contributed by atoms with E-state index in [-0.39, 0.29) is 5.91 Å². The Kier molecular flexibility index (Phi) is 3.53. The van der Waals surface area contributed by atoms with Gasteiger partial charge in [0.05, 0.1) is 6.20 Å². The number of amides is 1. The van der Waals surface area contributed by atoms with Crippen molar-refractivity contribution in [3.8, 4) is 0 Å². The molecule has 0 spiro atoms. The summed E-state index contributed by atoms with van der Waals surface area (Å²) in [6, 6.07) is 0.304. The molecule has 3 unspecified atom stereocenters. The number of hydrogen-bond donors (Lipinski definition) is 1. The van der Waals surface area contributed by atoms with Gasteiger partial charge in [0.2, 0.25) is 0 Å². The Morgan fingerprint density at radius 2 is 2.31 bits per heavy atom. The van der Waals surface area contributed by atoms with Crippen LogP contribution in [0.5, 0.6) is 0 Å². The van der Waals surface area contributed by atoms with Gasteiger partial charge in [0, 0.05) is 6.04 Å². The van der Waals surface area contributed by atoms with Crippen LogP contribution < -0.4 is 5.32 Å². The number of rotatable bonds is 2. The summed E-state index contributed by atoms with van der Waals surface area (Å²) < 4.78 is 3.70. The van der Waals surface area contributed by atoms with E-state index in [0.717, 1.165) is 18.0 Å². The van der Waals surface area contributed by atoms with Gasteiger partial charge in [0.25, 0.3) is 5.91 Å². The van der Waals surface area contributed by atoms with E-state index in [0.29, 0.717) is 22.8 Å². The normalized spacial score (nSPS) is 30.0. The van der Waals surface area contributed by atoms with Crippen LogP contribution in [0, 0.1) is 11.8 Å². The summed E-state index contributed by atoms with van der Waals surface area (Å²) >= 11 is 1.15. The first-order chi connectivity index (χ1) is 7.68. The predicted molar refractivity (Wildman–Crippen MR) is 63.3 cm³/mol. The van der Waals surface area contributed by atoms with Crippen molar-refractivity contribution in [2.24, 2.45) is 11.8 Å². The van der Waals surface area contributed by atoms with Crippen LogP contribution in [0.25, 0.3) is 0 Å². The number of carbonyl (C=O) groups excluding carboxylic acids is 1. The SMILES string of the molecule is CC1CCCC(NC(=O)c2cnns2)C1C. The van der Waals surface area contributed by atoms with Gasteiger partial charge in [0.1, 0.15) is 4.88 Å². The molecule has 0 aliphatic heterocycles. The Balaban J connectivity index is 1.96. The quantitative estimate of drug-likeness (QED) is 0.859. The maximum atomic E-state index is 11.8. The zero-order valence-electron chi connectivity index (χ0n) is 9.64. The van der Waals surface area contributed by atoms with Gasteiger partial charge in [-0.1, -0.05) is 31.2 Å². The number of nitrogens with zero attached hydrogens (tertiary/aromatic N) is 2. The third-order valence-corrected chi connectivity index (χ3v) is 4.27. The average molecular weight is 239 g/mol. The maximum Gasteiger partial charge on any atom is 0.264 e. The van der Waals surface area contributed by atoms with Crippen LogP contribution >= 0.6 is 11.5 Å². The van der Waals surface area contributed by atoms with E-state index in [1.807, 2.05) is 0 Å². The molecule has 3 atom stereocenters. The highest BCUT2D eigenvalue weighted by atomic mass is 32.1. The molecule has 0 aromatic carbocycles. The van der Waals surface area contributed by atoms with Gasteiger partial charge in [-0.2, -0.15) is 0 Å². The van der Waals surface area contributed by atoms with Crippen LogP contribution in [0.3, 0.4) is 0 Å². The fourth-order valence-corrected chi connectivity index (χ4v) is 2.71. The molecule has 5 heteroatoms. The van der Waals surface area contributed by atoms with Gasteiger partial charge in [0.15, 0.2) is 0 Å². The lowest BCUT2D eigenvalue weighted by molar-refractivity contribution is 0.0895. The first-order valence-electron chi connectivity index (χ1n) is 5.76. The van der Waals surface area contributed by atoms with Crippen molar-refractivity contribution < 1.29 is 4.79 Å². The Labute approximate surface area is 99.6 Å². The molecule has 1 heterocycles. The standard InChI is InChI=1S/C11H17N3OS/c1-7-4-3-5-9(8(7)2)13-11(15)10-6-12-14-16-10/h6-9H,3-5H2,1-2H3,(H,13,15). The van der Waals surface area contributed by atoms with Gasteiger partial charge in [-0.25, -0.2) is 0 Å². The molecule has 1 N–H and O–H groups in total. The third-order valence-electron chi connectivity index (χ3n) is 3.61. The van der Waals surface area contributed by atoms with E-state index in [1.165, 1.54) is 19.0 Å². The maximum absolute atomic E-state index is 11.8. The van der Waals surface area contributed by atoms with E-state index >= 15 is 0 Å². The lowest BCUT2D eigenvalue weighted by Crippen LogP contribution is -2.43. The molecular weight excluding hydrogens is 222 g/mol. The summed E-state index contributed by atoms with van der Waals surface area (Å²) in [6.45, 7) is 4.48. The van der Waals surface area contributed by atoms with E-state index in [1.54, 1.807) is 0 Å². The van der Waals surface area contributed by atoms with E-state index in [4.69, 9.17) is 0 Å². The monoisotopic (exact) mass is 239 g/mol. The van der Waals surface area contributed by atoms with Crippen molar-refractivity contribution >= 4 is 17.4 Å². The fourth-order valence-electron chi connectivity index (χ4n) is 2.29. The van der Waals surface area contributed by atoms with Gasteiger partial charge < -0.3 is 5.32 Å². The molecule has 1 fully saturated rings. The van der Waals surface area contributed by atoms with Gasteiger partial charge in [-0.05, 0) is 29.8 Å². The highest BCUT2D eigenvalue weighted by molar-refractivity contribution is 7.07. The molecule has 1 amide bonds. The predicted octanol–water partition coefficient (Wildman–Crippen LogP) is 2.09. The zero-order chi connectivity index (χ0) is 11.5. The van der Waals surface area contributed by atoms with Crippen molar-refractivity contribution in [1.29, 1.82) is 0 Å². The summed E-state index contributed by atoms with van der Waals surface area (Å²) in [7, 11) is 0. The smallest absolute Gasteiger partial charge is 0.264 e. The topological polar surface area (TPSA) is 54.9 Å². The second kappa shape index (κ2) is 4.91. The molecule has 0 bridgehead atoms. The molecule has 4 nitrogen and oxygen atoms in total. The van der Waals surface area contributed by atoms with Crippen LogP contribution in [-0.4, -0.2) is 21.5 Å². The Morgan fingerprint density at radius 1 is 1.50 bits per heavy atom. The van der Waals surface area contributed by atoms with Crippen molar-refractivity contribution in [2.45, 2.75) is 39.2 Å². The minimum atomic E-state index is -0.0269. The van der Waals surface area contributed by atoms with Crippen LogP contribution in [0.1, 0.15) is 42.8 Å². The average Bonchev–Trinajstić information content (AvgIpc) is 2.78. The second-order valence-electron chi connectivity index (χ2n) is 4.63. The molecule has 0 radical (unpaired) electrons. The largest absolute Gasteiger partial charge is 0.348 e. The van der Waals surface area contributed by atoms with Crippen molar-refractivity contribution in [2.75, 3.05) is 0 Å². The second-order valence-corrected chi connectivity index (χ2v) is 5.41. The molecule has 0 saturated heterocycles. The lowest BCUT2D eigenvalue weighted by Gasteiger charge is -2.34. The number of carbonyl (C=O) groups is 1. The van der Waals surface area contributed by atoms with E-state index in [9.17, 15) is 4.79 Å². The molecule has 1 aromatic heterocycles. The Hall–Kier alpha value is -0.970. The lowest BCUT2D eigenvalue weighted by atomic mass is 9.78. The number of hydrogen-bond acceptors (Lipinski definition) is 4. The summed E-state index contributed by atoms with van der Waals surface area (Å²) in [5.41, 5.74) is 0. The molecule has 2 rings (SSSR count). The van der Waals surface area contributed by atoms with Gasteiger partial charge >= 0.3 is 0 Å². The van der Waals surface area contributed by atoms with Crippen LogP contribution in [0.15, 0.2) is 6.20 Å². The molecule has 1 aromatic rings. The highest BCUT2D eigenvalue weighted by Crippen LogP contribution is 2.29. The molecule has 88 valence electrons. The van der Waals surface area contributed by atoms with E-state index < -0.39 is 0 Å². The first kappa shape index (κ1) is 11.5. The molecular formula is C11H17N3OS. The summed E-state index contributed by atoms with van der Waals surface area (Å²) in [5.74, 6) is 1.22. The fraction of sp³-hybridized carbons (Fsp3) is 0.727. The zero-order valence-corrected chi connectivity index (χ0v) is 10.5. The van der Waals surface area contributed by atoms with Gasteiger partial charge in [-0.15, -0.1) is 5.10 Å². The summed E-state index contributed by atoms with van der Waals surface area (Å²) in [6.07, 6.45) is 5.09. The summed E-state index contributed by atoms with van der Waals surface area (Å²) in [5, 5.41) is 6.77. The minimum Gasteiger partial charge on any atom is -0.348 e. The minimum absolute atomic E-state index is 0.0269. The van der Waals surface area contributed by atoms with Crippen molar-refractivity contribution in [1.82, 2.24) is 14.9 Å². The first-order valence-corrected chi connectivity index (χ1v) is 6.54. The van der Waals surface area contributed by atoms with Crippen LogP contribution in [0.2, 0.25) is 0 Å². The van der Waals surface area contributed by atoms with Crippen LogP contribution in [-0.2, 0) is 0 Å². The van der Waals surface area contributed by atoms with Crippen molar-refractivity contribution in [3.05, 3.63) is 11.1 Å². The molecule has 1 aliphatic carbocycles. The van der Waals surface area contributed by atoms with E-state index in [2.05, 4.69) is 28.8 Å². The molecule has 1 aliphatic rings. The van der Waals surface area contributed by atoms with Crippen LogP contribution in [0.4, 0.5) is 0 Å². The Bertz CT molecular complexity index is 352. The molecule has 16 heavy (non-hydrogen) atoms. The molecule has 1 saturated carbocycles. The third kappa shape index (κ3) is 2.40. The number of aromatic nitrogens is 2. The number of nitrogens with one attached hydrogen (secondary N) is 1. The highest BCUT2D eigenvalue weighted by Gasteiger charge is 2.28. The van der Waals surface area contributed by atoms with Crippen molar-refractivity contribution in [3.63, 3.8) is 0 Å². The van der Waals surface area contributed by atoms with Gasteiger partial charge in [-0.3, -0.25) is 4.79 Å². The Morgan fingerprint density at radius 3 is 3.00 bits per heavy atom. The summed E-state index contributed by atoms with van der Waals surface area (Å²) in [4.78, 5) is 12.4.